The monoisotopic (exact) mass is 502 g/mol. The molecule has 0 aliphatic heterocycles. The molecule has 12 heteroatoms. The first-order valence-corrected chi connectivity index (χ1v) is 11.7. The molecule has 0 aromatic carbocycles. The number of ether oxygens (including phenoxy) is 3. The molecule has 0 aromatic heterocycles. The van der Waals surface area contributed by atoms with Crippen molar-refractivity contribution in [2.24, 2.45) is 5.92 Å². The van der Waals surface area contributed by atoms with Crippen LogP contribution in [0.2, 0.25) is 0 Å². The van der Waals surface area contributed by atoms with Gasteiger partial charge in [0, 0.05) is 17.3 Å². The molecule has 1 N–H and O–H groups in total. The Bertz CT molecular complexity index is 577. The molecule has 0 saturated heterocycles. The van der Waals surface area contributed by atoms with Gasteiger partial charge in [0.1, 0.15) is 18.3 Å². The van der Waals surface area contributed by atoms with Crippen LogP contribution in [0.4, 0.5) is 0 Å². The number of carbonyl (C=O) groups is 4. The van der Waals surface area contributed by atoms with Crippen molar-refractivity contribution in [1.29, 1.82) is 0 Å². The van der Waals surface area contributed by atoms with E-state index in [0.717, 1.165) is 0 Å². The smallest absolute Gasteiger partial charge is 0.323 e. The van der Waals surface area contributed by atoms with E-state index in [2.05, 4.69) is 50.5 Å². The summed E-state index contributed by atoms with van der Waals surface area (Å²) in [4.78, 5) is 48.2. The summed E-state index contributed by atoms with van der Waals surface area (Å²) in [6.07, 6.45) is -3.32. The highest BCUT2D eigenvalue weighted by Crippen LogP contribution is 2.38. The normalized spacial score (nSPS) is 17.0. The molecule has 174 valence electrons. The van der Waals surface area contributed by atoms with E-state index in [4.69, 9.17) is 14.2 Å². The van der Waals surface area contributed by atoms with Crippen molar-refractivity contribution in [3.05, 3.63) is 0 Å². The van der Waals surface area contributed by atoms with E-state index in [0.29, 0.717) is 0 Å². The van der Waals surface area contributed by atoms with Gasteiger partial charge in [0.2, 0.25) is 0 Å². The molecule has 0 heterocycles. The van der Waals surface area contributed by atoms with Gasteiger partial charge >= 0.3 is 23.9 Å². The Kier molecular flexibility index (Phi) is 14.0. The van der Waals surface area contributed by atoms with Crippen LogP contribution >= 0.6 is 50.5 Å². The molecule has 0 rings (SSSR count). The van der Waals surface area contributed by atoms with Gasteiger partial charge in [-0.05, 0) is 20.8 Å². The highest BCUT2D eigenvalue weighted by Gasteiger charge is 2.55. The SMILES string of the molecule is CC(OC(=O)CCS)C(C(C)OC(=O)CCS)C(S)(C(=O)O)C(C)OC(=O)CCS. The number of hydrogen-bond donors (Lipinski definition) is 5. The molecule has 0 bridgehead atoms. The summed E-state index contributed by atoms with van der Waals surface area (Å²) in [7, 11) is 0. The van der Waals surface area contributed by atoms with E-state index in [9.17, 15) is 24.3 Å². The van der Waals surface area contributed by atoms with Gasteiger partial charge in [0.25, 0.3) is 0 Å². The highest BCUT2D eigenvalue weighted by molar-refractivity contribution is 7.82. The van der Waals surface area contributed by atoms with Crippen molar-refractivity contribution in [3.63, 3.8) is 0 Å². The van der Waals surface area contributed by atoms with Gasteiger partial charge in [-0.3, -0.25) is 19.2 Å². The second-order valence-electron chi connectivity index (χ2n) is 6.60. The van der Waals surface area contributed by atoms with Crippen LogP contribution in [-0.4, -0.2) is 69.3 Å². The van der Waals surface area contributed by atoms with Crippen LogP contribution in [0.5, 0.6) is 0 Å². The number of carboxylic acids is 1. The van der Waals surface area contributed by atoms with Crippen LogP contribution in [0.15, 0.2) is 0 Å². The molecule has 8 nitrogen and oxygen atoms in total. The minimum atomic E-state index is -2.03. The van der Waals surface area contributed by atoms with Gasteiger partial charge in [-0.1, -0.05) is 0 Å². The quantitative estimate of drug-likeness (QED) is 0.139. The molecular formula is C18H30O8S4. The lowest BCUT2D eigenvalue weighted by molar-refractivity contribution is -0.174. The van der Waals surface area contributed by atoms with Gasteiger partial charge in [-0.25, -0.2) is 0 Å². The largest absolute Gasteiger partial charge is 0.480 e. The first kappa shape index (κ1) is 29.3. The second kappa shape index (κ2) is 14.4. The fraction of sp³-hybridized carbons (Fsp3) is 0.778. The average Bonchev–Trinajstić information content (AvgIpc) is 2.61. The summed E-state index contributed by atoms with van der Waals surface area (Å²) < 4.78 is 13.9. The lowest BCUT2D eigenvalue weighted by Crippen LogP contribution is -2.58. The van der Waals surface area contributed by atoms with Crippen LogP contribution in [0.25, 0.3) is 0 Å². The minimum absolute atomic E-state index is 0.00706. The fourth-order valence-electron chi connectivity index (χ4n) is 2.98. The topological polar surface area (TPSA) is 116 Å². The number of hydrogen-bond acceptors (Lipinski definition) is 11. The molecule has 4 unspecified atom stereocenters. The van der Waals surface area contributed by atoms with Crippen molar-refractivity contribution >= 4 is 74.4 Å². The first-order valence-electron chi connectivity index (χ1n) is 9.32. The predicted molar refractivity (Wildman–Crippen MR) is 125 cm³/mol. The summed E-state index contributed by atoms with van der Waals surface area (Å²) in [5.41, 5.74) is 0. The predicted octanol–water partition coefficient (Wildman–Crippen LogP) is 2.11. The van der Waals surface area contributed by atoms with Crippen LogP contribution < -0.4 is 0 Å². The Balaban J connectivity index is 6.01. The molecule has 0 radical (unpaired) electrons. The summed E-state index contributed by atoms with van der Waals surface area (Å²) in [5, 5.41) is 10.0. The summed E-state index contributed by atoms with van der Waals surface area (Å²) in [5.74, 6) is -3.72. The molecule has 4 atom stereocenters. The Hall–Kier alpha value is -0.720. The number of aliphatic carboxylic acids is 1. The van der Waals surface area contributed by atoms with Crippen LogP contribution in [-0.2, 0) is 33.4 Å². The van der Waals surface area contributed by atoms with Gasteiger partial charge in [0.15, 0.2) is 4.75 Å². The fourth-order valence-corrected chi connectivity index (χ4v) is 4.00. The summed E-state index contributed by atoms with van der Waals surface area (Å²) >= 11 is 16.3. The third-order valence-electron chi connectivity index (χ3n) is 4.37. The Morgan fingerprint density at radius 1 is 0.767 bits per heavy atom. The number of esters is 3. The van der Waals surface area contributed by atoms with Crippen molar-refractivity contribution in [2.75, 3.05) is 17.3 Å². The number of thiol groups is 4. The zero-order valence-corrected chi connectivity index (χ0v) is 20.7. The first-order chi connectivity index (χ1) is 13.9. The van der Waals surface area contributed by atoms with Crippen LogP contribution in [0.1, 0.15) is 40.0 Å². The summed E-state index contributed by atoms with van der Waals surface area (Å²) in [6, 6.07) is 0. The summed E-state index contributed by atoms with van der Waals surface area (Å²) in [6.45, 7) is 4.31. The number of carboxylic acid groups (broad SMARTS) is 1. The molecule has 0 amide bonds. The van der Waals surface area contributed by atoms with Crippen molar-refractivity contribution in [3.8, 4) is 0 Å². The van der Waals surface area contributed by atoms with Crippen molar-refractivity contribution in [1.82, 2.24) is 0 Å². The maximum atomic E-state index is 12.3. The highest BCUT2D eigenvalue weighted by atomic mass is 32.1. The molecule has 0 spiro atoms. The lowest BCUT2D eigenvalue weighted by Gasteiger charge is -2.42. The standard InChI is InChI=1S/C18H30O8S4/c1-10(24-13(19)4-7-27)16(11(2)25-14(20)5-8-28)18(30,17(22)23)12(3)26-15(21)6-9-29/h10-12,16,27-30H,4-9H2,1-3H3,(H,22,23). The van der Waals surface area contributed by atoms with Gasteiger partial charge in [0.05, 0.1) is 25.2 Å². The van der Waals surface area contributed by atoms with Crippen LogP contribution in [0.3, 0.4) is 0 Å². The minimum Gasteiger partial charge on any atom is -0.480 e. The van der Waals surface area contributed by atoms with E-state index < -0.39 is 52.9 Å². The maximum Gasteiger partial charge on any atom is 0.323 e. The average molecular weight is 503 g/mol. The van der Waals surface area contributed by atoms with E-state index in [1.807, 2.05) is 0 Å². The molecule has 0 aliphatic carbocycles. The molecular weight excluding hydrogens is 472 g/mol. The van der Waals surface area contributed by atoms with Gasteiger partial charge in [-0.2, -0.15) is 50.5 Å². The maximum absolute atomic E-state index is 12.3. The molecule has 0 fully saturated rings. The number of carbonyl (C=O) groups excluding carboxylic acids is 3. The molecule has 0 aromatic rings. The molecule has 30 heavy (non-hydrogen) atoms. The van der Waals surface area contributed by atoms with E-state index in [1.54, 1.807) is 0 Å². The Labute approximate surface area is 198 Å². The van der Waals surface area contributed by atoms with Crippen molar-refractivity contribution in [2.45, 2.75) is 63.1 Å². The lowest BCUT2D eigenvalue weighted by atomic mass is 9.79. The molecule has 0 aliphatic rings. The van der Waals surface area contributed by atoms with E-state index in [-0.39, 0.29) is 36.5 Å². The third-order valence-corrected chi connectivity index (χ3v) is 5.90. The molecule has 0 saturated carbocycles. The van der Waals surface area contributed by atoms with Gasteiger partial charge in [-0.15, -0.1) is 0 Å². The van der Waals surface area contributed by atoms with Crippen molar-refractivity contribution < 1.29 is 38.5 Å². The Morgan fingerprint density at radius 2 is 1.10 bits per heavy atom. The van der Waals surface area contributed by atoms with E-state index in [1.165, 1.54) is 20.8 Å². The zero-order valence-electron chi connectivity index (χ0n) is 17.1. The number of rotatable bonds is 14. The van der Waals surface area contributed by atoms with E-state index >= 15 is 0 Å². The second-order valence-corrected chi connectivity index (χ2v) is 8.68. The van der Waals surface area contributed by atoms with Crippen LogP contribution in [0, 0.1) is 5.92 Å². The van der Waals surface area contributed by atoms with Gasteiger partial charge < -0.3 is 19.3 Å². The third kappa shape index (κ3) is 8.80. The Morgan fingerprint density at radius 3 is 1.40 bits per heavy atom. The zero-order chi connectivity index (χ0) is 23.5.